The van der Waals surface area contributed by atoms with Crippen molar-refractivity contribution in [3.63, 3.8) is 0 Å². The standard InChI is InChI=1S/C14H17NO4/c1-3-8-17-9-12(19-14(15)16)10-18-13-7-5-4-6-11(13)2/h1,4-7,12H,8-10H2,2H3,(H2,15,16). The molecule has 5 heteroatoms. The summed E-state index contributed by atoms with van der Waals surface area (Å²) in [6, 6.07) is 7.53. The van der Waals surface area contributed by atoms with Gasteiger partial charge in [-0.1, -0.05) is 24.1 Å². The lowest BCUT2D eigenvalue weighted by molar-refractivity contribution is 0.00997. The fourth-order valence-corrected chi connectivity index (χ4v) is 1.43. The molecule has 0 aliphatic carbocycles. The molecular weight excluding hydrogens is 246 g/mol. The minimum atomic E-state index is -0.873. The van der Waals surface area contributed by atoms with E-state index in [9.17, 15) is 4.79 Å². The molecule has 0 aliphatic rings. The van der Waals surface area contributed by atoms with Gasteiger partial charge in [0.2, 0.25) is 0 Å². The van der Waals surface area contributed by atoms with E-state index in [1.807, 2.05) is 31.2 Å². The number of primary amides is 1. The van der Waals surface area contributed by atoms with Crippen LogP contribution in [0.25, 0.3) is 0 Å². The van der Waals surface area contributed by atoms with Gasteiger partial charge in [0.15, 0.2) is 6.10 Å². The zero-order valence-electron chi connectivity index (χ0n) is 10.8. The number of carbonyl (C=O) groups is 1. The summed E-state index contributed by atoms with van der Waals surface area (Å²) in [6.07, 6.45) is 3.60. The first-order valence-corrected chi connectivity index (χ1v) is 5.79. The molecule has 102 valence electrons. The molecule has 1 aromatic carbocycles. The van der Waals surface area contributed by atoms with Gasteiger partial charge < -0.3 is 19.9 Å². The van der Waals surface area contributed by atoms with Crippen molar-refractivity contribution in [3.8, 4) is 18.1 Å². The number of hydrogen-bond acceptors (Lipinski definition) is 4. The number of hydrogen-bond donors (Lipinski definition) is 1. The van der Waals surface area contributed by atoms with Crippen molar-refractivity contribution in [1.82, 2.24) is 0 Å². The number of ether oxygens (including phenoxy) is 3. The molecular formula is C14H17NO4. The molecule has 1 atom stereocenters. The molecule has 0 saturated heterocycles. The summed E-state index contributed by atoms with van der Waals surface area (Å²) in [6.45, 7) is 2.36. The number of aryl methyl sites for hydroxylation is 1. The van der Waals surface area contributed by atoms with Crippen LogP contribution in [0.5, 0.6) is 5.75 Å². The van der Waals surface area contributed by atoms with Crippen molar-refractivity contribution in [1.29, 1.82) is 0 Å². The lowest BCUT2D eigenvalue weighted by Gasteiger charge is -2.17. The van der Waals surface area contributed by atoms with E-state index >= 15 is 0 Å². The van der Waals surface area contributed by atoms with Crippen LogP contribution in [-0.4, -0.2) is 32.0 Å². The molecule has 5 nitrogen and oxygen atoms in total. The Bertz CT molecular complexity index is 453. The number of nitrogens with two attached hydrogens (primary N) is 1. The third-order valence-corrected chi connectivity index (χ3v) is 2.29. The third kappa shape index (κ3) is 5.80. The number of para-hydroxylation sites is 1. The van der Waals surface area contributed by atoms with Gasteiger partial charge in [0.1, 0.15) is 19.0 Å². The minimum Gasteiger partial charge on any atom is -0.489 e. The lowest BCUT2D eigenvalue weighted by atomic mass is 10.2. The molecule has 0 aliphatic heterocycles. The van der Waals surface area contributed by atoms with Gasteiger partial charge in [-0.25, -0.2) is 4.79 Å². The Morgan fingerprint density at radius 2 is 2.16 bits per heavy atom. The predicted octanol–water partition coefficient (Wildman–Crippen LogP) is 1.49. The minimum absolute atomic E-state index is 0.138. The molecule has 1 unspecified atom stereocenters. The first kappa shape index (κ1) is 14.9. The molecule has 1 aromatic rings. The summed E-state index contributed by atoms with van der Waals surface area (Å²) in [5.41, 5.74) is 5.97. The molecule has 0 heterocycles. The molecule has 0 bridgehead atoms. The zero-order valence-corrected chi connectivity index (χ0v) is 10.8. The van der Waals surface area contributed by atoms with Gasteiger partial charge >= 0.3 is 6.09 Å². The molecule has 19 heavy (non-hydrogen) atoms. The first-order chi connectivity index (χ1) is 9.13. The van der Waals surface area contributed by atoms with Crippen LogP contribution in [0.3, 0.4) is 0 Å². The van der Waals surface area contributed by atoms with Crippen molar-refractivity contribution in [2.45, 2.75) is 13.0 Å². The van der Waals surface area contributed by atoms with E-state index in [-0.39, 0.29) is 19.8 Å². The maximum absolute atomic E-state index is 10.8. The van der Waals surface area contributed by atoms with Crippen molar-refractivity contribution >= 4 is 6.09 Å². The highest BCUT2D eigenvalue weighted by Gasteiger charge is 2.14. The molecule has 0 fully saturated rings. The highest BCUT2D eigenvalue weighted by atomic mass is 16.6. The second-order valence-corrected chi connectivity index (χ2v) is 3.85. The van der Waals surface area contributed by atoms with Crippen LogP contribution in [0.2, 0.25) is 0 Å². The molecule has 0 spiro atoms. The Labute approximate surface area is 112 Å². The van der Waals surface area contributed by atoms with Crippen LogP contribution in [0.4, 0.5) is 4.79 Å². The highest BCUT2D eigenvalue weighted by molar-refractivity contribution is 5.64. The predicted molar refractivity (Wildman–Crippen MR) is 70.8 cm³/mol. The summed E-state index contributed by atoms with van der Waals surface area (Å²) >= 11 is 0. The average Bonchev–Trinajstić information content (AvgIpc) is 2.37. The fraction of sp³-hybridized carbons (Fsp3) is 0.357. The monoisotopic (exact) mass is 263 g/mol. The quantitative estimate of drug-likeness (QED) is 0.597. The van der Waals surface area contributed by atoms with Crippen molar-refractivity contribution in [3.05, 3.63) is 29.8 Å². The Morgan fingerprint density at radius 1 is 1.42 bits per heavy atom. The maximum Gasteiger partial charge on any atom is 0.404 e. The van der Waals surface area contributed by atoms with Gasteiger partial charge in [0, 0.05) is 0 Å². The molecule has 0 saturated carbocycles. The first-order valence-electron chi connectivity index (χ1n) is 5.79. The van der Waals surface area contributed by atoms with E-state index in [0.29, 0.717) is 0 Å². The van der Waals surface area contributed by atoms with Crippen LogP contribution in [-0.2, 0) is 9.47 Å². The molecule has 0 aromatic heterocycles. The smallest absolute Gasteiger partial charge is 0.404 e. The van der Waals surface area contributed by atoms with Crippen LogP contribution in [0, 0.1) is 19.3 Å². The summed E-state index contributed by atoms with van der Waals surface area (Å²) in [5.74, 6) is 3.04. The Hall–Kier alpha value is -2.19. The van der Waals surface area contributed by atoms with E-state index in [4.69, 9.17) is 26.4 Å². The summed E-state index contributed by atoms with van der Waals surface area (Å²) in [4.78, 5) is 10.8. The Balaban J connectivity index is 2.50. The van der Waals surface area contributed by atoms with E-state index in [1.165, 1.54) is 0 Å². The van der Waals surface area contributed by atoms with Gasteiger partial charge in [-0.3, -0.25) is 0 Å². The van der Waals surface area contributed by atoms with Gasteiger partial charge in [0.25, 0.3) is 0 Å². The normalized spacial score (nSPS) is 11.4. The van der Waals surface area contributed by atoms with E-state index in [1.54, 1.807) is 0 Å². The molecule has 1 amide bonds. The number of amides is 1. The third-order valence-electron chi connectivity index (χ3n) is 2.29. The Morgan fingerprint density at radius 3 is 2.79 bits per heavy atom. The largest absolute Gasteiger partial charge is 0.489 e. The number of carbonyl (C=O) groups excluding carboxylic acids is 1. The van der Waals surface area contributed by atoms with E-state index in [2.05, 4.69) is 5.92 Å². The van der Waals surface area contributed by atoms with Crippen molar-refractivity contribution < 1.29 is 19.0 Å². The fourth-order valence-electron chi connectivity index (χ4n) is 1.43. The van der Waals surface area contributed by atoms with Crippen LogP contribution in [0.15, 0.2) is 24.3 Å². The van der Waals surface area contributed by atoms with Gasteiger partial charge in [0.05, 0.1) is 6.61 Å². The van der Waals surface area contributed by atoms with Crippen LogP contribution in [0.1, 0.15) is 5.56 Å². The second-order valence-electron chi connectivity index (χ2n) is 3.85. The number of benzene rings is 1. The molecule has 1 rings (SSSR count). The maximum atomic E-state index is 10.8. The van der Waals surface area contributed by atoms with Crippen molar-refractivity contribution in [2.75, 3.05) is 19.8 Å². The average molecular weight is 263 g/mol. The van der Waals surface area contributed by atoms with E-state index in [0.717, 1.165) is 11.3 Å². The number of terminal acetylenes is 1. The SMILES string of the molecule is C#CCOCC(COc1ccccc1C)OC(N)=O. The van der Waals surface area contributed by atoms with E-state index < -0.39 is 12.2 Å². The Kier molecular flexibility index (Phi) is 6.27. The molecule has 2 N–H and O–H groups in total. The summed E-state index contributed by atoms with van der Waals surface area (Å²) in [7, 11) is 0. The van der Waals surface area contributed by atoms with Gasteiger partial charge in [-0.2, -0.15) is 0 Å². The van der Waals surface area contributed by atoms with Gasteiger partial charge in [-0.15, -0.1) is 6.42 Å². The second kappa shape index (κ2) is 8.01. The molecule has 0 radical (unpaired) electrons. The number of rotatable bonds is 7. The lowest BCUT2D eigenvalue weighted by Crippen LogP contribution is -2.32. The highest BCUT2D eigenvalue weighted by Crippen LogP contribution is 2.16. The topological polar surface area (TPSA) is 70.8 Å². The zero-order chi connectivity index (χ0) is 14.1. The summed E-state index contributed by atoms with van der Waals surface area (Å²) in [5, 5.41) is 0. The van der Waals surface area contributed by atoms with Crippen LogP contribution < -0.4 is 10.5 Å². The van der Waals surface area contributed by atoms with Crippen molar-refractivity contribution in [2.24, 2.45) is 5.73 Å². The summed E-state index contributed by atoms with van der Waals surface area (Å²) < 4.78 is 15.6. The van der Waals surface area contributed by atoms with Crippen LogP contribution >= 0.6 is 0 Å². The van der Waals surface area contributed by atoms with Gasteiger partial charge in [-0.05, 0) is 18.6 Å².